The van der Waals surface area contributed by atoms with E-state index in [4.69, 9.17) is 14.7 Å². The molecule has 8 heteroatoms. The topological polar surface area (TPSA) is 87.2 Å². The lowest BCUT2D eigenvalue weighted by molar-refractivity contribution is 0.415. The van der Waals surface area contributed by atoms with Crippen LogP contribution in [0.3, 0.4) is 0 Å². The fourth-order valence-electron chi connectivity index (χ4n) is 3.95. The lowest BCUT2D eigenvalue weighted by Crippen LogP contribution is -2.18. The molecule has 0 aliphatic rings. The van der Waals surface area contributed by atoms with Gasteiger partial charge in [-0.3, -0.25) is 9.36 Å². The number of aromatic nitrogens is 5. The molecule has 0 aliphatic carbocycles. The van der Waals surface area contributed by atoms with Crippen molar-refractivity contribution in [1.29, 1.82) is 0 Å². The zero-order valence-corrected chi connectivity index (χ0v) is 18.2. The first-order valence-electron chi connectivity index (χ1n) is 10.7. The van der Waals surface area contributed by atoms with Gasteiger partial charge in [-0.05, 0) is 42.0 Å². The van der Waals surface area contributed by atoms with E-state index in [0.717, 1.165) is 17.0 Å². The first kappa shape index (κ1) is 19.8. The monoisotopic (exact) mass is 446 g/mol. The predicted molar refractivity (Wildman–Crippen MR) is 132 cm³/mol. The standard InChI is InChI=1S/C26H18N6O2/c1-34-19-11-7-8-17(14-19)15-28-32-24-22(23-25(32)30-21-13-6-5-12-20(21)29-23)26(33)31(16-27-24)18-9-3-2-4-10-18/h2-16H,1H3/b28-15+. The zero-order chi connectivity index (χ0) is 23.1. The normalized spacial score (nSPS) is 11.7. The van der Waals surface area contributed by atoms with Crippen LogP contribution < -0.4 is 10.3 Å². The van der Waals surface area contributed by atoms with Gasteiger partial charge in [0.25, 0.3) is 5.56 Å². The molecule has 164 valence electrons. The molecule has 0 radical (unpaired) electrons. The number of fused-ring (bicyclic) bond motifs is 4. The SMILES string of the molecule is COc1cccc(/C=N/n2c3nc4ccccc4nc3c3c(=O)n(-c4ccccc4)cnc32)c1. The van der Waals surface area contributed by atoms with Crippen LogP contribution in [0.1, 0.15) is 5.56 Å². The van der Waals surface area contributed by atoms with E-state index in [9.17, 15) is 4.79 Å². The summed E-state index contributed by atoms with van der Waals surface area (Å²) in [5.74, 6) is 0.723. The van der Waals surface area contributed by atoms with Gasteiger partial charge in [0.2, 0.25) is 0 Å². The van der Waals surface area contributed by atoms with Crippen molar-refractivity contribution in [3.8, 4) is 11.4 Å². The third-order valence-corrected chi connectivity index (χ3v) is 5.59. The van der Waals surface area contributed by atoms with Crippen molar-refractivity contribution in [3.63, 3.8) is 0 Å². The molecule has 6 aromatic rings. The molecule has 3 heterocycles. The first-order valence-corrected chi connectivity index (χ1v) is 10.7. The number of hydrogen-bond acceptors (Lipinski definition) is 6. The Morgan fingerprint density at radius 2 is 1.65 bits per heavy atom. The third-order valence-electron chi connectivity index (χ3n) is 5.59. The lowest BCUT2D eigenvalue weighted by atomic mass is 10.2. The van der Waals surface area contributed by atoms with Crippen LogP contribution in [0.25, 0.3) is 38.9 Å². The summed E-state index contributed by atoms with van der Waals surface area (Å²) in [6.07, 6.45) is 3.19. The highest BCUT2D eigenvalue weighted by molar-refractivity contribution is 6.05. The van der Waals surface area contributed by atoms with Crippen LogP contribution in [0.2, 0.25) is 0 Å². The van der Waals surface area contributed by atoms with Crippen LogP contribution in [0.5, 0.6) is 5.75 Å². The van der Waals surface area contributed by atoms with E-state index >= 15 is 0 Å². The van der Waals surface area contributed by atoms with E-state index in [1.165, 1.54) is 10.9 Å². The Hall–Kier alpha value is -4.85. The Bertz CT molecular complexity index is 1770. The van der Waals surface area contributed by atoms with Gasteiger partial charge in [-0.1, -0.05) is 42.5 Å². The molecular weight excluding hydrogens is 428 g/mol. The molecule has 0 amide bonds. The van der Waals surface area contributed by atoms with Crippen LogP contribution in [0.4, 0.5) is 0 Å². The van der Waals surface area contributed by atoms with Crippen LogP contribution in [0, 0.1) is 0 Å². The Labute approximate surface area is 193 Å². The van der Waals surface area contributed by atoms with Gasteiger partial charge in [0.05, 0.1) is 30.0 Å². The molecule has 34 heavy (non-hydrogen) atoms. The fraction of sp³-hybridized carbons (Fsp3) is 0.0385. The van der Waals surface area contributed by atoms with E-state index in [-0.39, 0.29) is 5.56 Å². The molecule has 0 atom stereocenters. The zero-order valence-electron chi connectivity index (χ0n) is 18.2. The molecule has 0 fully saturated rings. The molecule has 8 nitrogen and oxygen atoms in total. The minimum absolute atomic E-state index is 0.235. The molecule has 0 saturated carbocycles. The summed E-state index contributed by atoms with van der Waals surface area (Å²) in [4.78, 5) is 27.8. The smallest absolute Gasteiger partial charge is 0.269 e. The number of methoxy groups -OCH3 is 1. The minimum Gasteiger partial charge on any atom is -0.497 e. The van der Waals surface area contributed by atoms with E-state index in [1.807, 2.05) is 78.9 Å². The van der Waals surface area contributed by atoms with Crippen LogP contribution in [0.15, 0.2) is 95.1 Å². The molecule has 6 rings (SSSR count). The summed E-state index contributed by atoms with van der Waals surface area (Å²) in [6.45, 7) is 0. The van der Waals surface area contributed by atoms with E-state index in [1.54, 1.807) is 18.0 Å². The second-order valence-corrected chi connectivity index (χ2v) is 7.67. The average Bonchev–Trinajstić information content (AvgIpc) is 3.20. The molecule has 0 spiro atoms. The number of benzene rings is 3. The number of rotatable bonds is 4. The van der Waals surface area contributed by atoms with Crippen molar-refractivity contribution in [2.45, 2.75) is 0 Å². The van der Waals surface area contributed by atoms with Crippen LogP contribution in [-0.2, 0) is 0 Å². The van der Waals surface area contributed by atoms with Crippen LogP contribution >= 0.6 is 0 Å². The maximum absolute atomic E-state index is 13.6. The summed E-state index contributed by atoms with van der Waals surface area (Å²) in [5.41, 5.74) is 4.03. The van der Waals surface area contributed by atoms with Gasteiger partial charge >= 0.3 is 0 Å². The quantitative estimate of drug-likeness (QED) is 0.379. The minimum atomic E-state index is -0.235. The highest BCUT2D eigenvalue weighted by Gasteiger charge is 2.20. The second kappa shape index (κ2) is 7.93. The Kier molecular flexibility index (Phi) is 4.62. The molecule has 0 N–H and O–H groups in total. The van der Waals surface area contributed by atoms with Crippen molar-refractivity contribution < 1.29 is 4.74 Å². The van der Waals surface area contributed by atoms with E-state index in [2.05, 4.69) is 10.1 Å². The summed E-state index contributed by atoms with van der Waals surface area (Å²) in [5, 5.41) is 5.00. The predicted octanol–water partition coefficient (Wildman–Crippen LogP) is 4.17. The van der Waals surface area contributed by atoms with Crippen molar-refractivity contribution >= 4 is 39.4 Å². The molecule has 3 aromatic carbocycles. The summed E-state index contributed by atoms with van der Waals surface area (Å²) >= 11 is 0. The van der Waals surface area contributed by atoms with Crippen LogP contribution in [-0.4, -0.2) is 37.5 Å². The van der Waals surface area contributed by atoms with Gasteiger partial charge in [-0.2, -0.15) is 9.78 Å². The van der Waals surface area contributed by atoms with Gasteiger partial charge in [-0.25, -0.2) is 15.0 Å². The van der Waals surface area contributed by atoms with Gasteiger partial charge in [0.15, 0.2) is 11.3 Å². The Morgan fingerprint density at radius 1 is 0.882 bits per heavy atom. The summed E-state index contributed by atoms with van der Waals surface area (Å²) < 4.78 is 8.38. The molecular formula is C26H18N6O2. The number of hydrogen-bond donors (Lipinski definition) is 0. The molecule has 0 aliphatic heterocycles. The van der Waals surface area contributed by atoms with Crippen molar-refractivity contribution in [2.24, 2.45) is 5.10 Å². The molecule has 3 aromatic heterocycles. The summed E-state index contributed by atoms with van der Waals surface area (Å²) in [6, 6.07) is 24.4. The van der Waals surface area contributed by atoms with Crippen molar-refractivity contribution in [1.82, 2.24) is 24.2 Å². The number of nitrogens with zero attached hydrogens (tertiary/aromatic N) is 6. The first-order chi connectivity index (χ1) is 16.7. The molecule has 0 unspecified atom stereocenters. The summed E-state index contributed by atoms with van der Waals surface area (Å²) in [7, 11) is 1.62. The van der Waals surface area contributed by atoms with Gasteiger partial charge in [0.1, 0.15) is 23.0 Å². The van der Waals surface area contributed by atoms with Gasteiger partial charge in [0, 0.05) is 0 Å². The maximum atomic E-state index is 13.6. The van der Waals surface area contributed by atoms with E-state index in [0.29, 0.717) is 33.2 Å². The second-order valence-electron chi connectivity index (χ2n) is 7.67. The third kappa shape index (κ3) is 3.20. The number of ether oxygens (including phenoxy) is 1. The number of para-hydroxylation sites is 3. The van der Waals surface area contributed by atoms with Crippen molar-refractivity contribution in [3.05, 3.63) is 101 Å². The van der Waals surface area contributed by atoms with Crippen molar-refractivity contribution in [2.75, 3.05) is 7.11 Å². The lowest BCUT2D eigenvalue weighted by Gasteiger charge is -2.05. The highest BCUT2D eigenvalue weighted by atomic mass is 16.5. The fourth-order valence-corrected chi connectivity index (χ4v) is 3.95. The highest BCUT2D eigenvalue weighted by Crippen LogP contribution is 2.25. The average molecular weight is 446 g/mol. The largest absolute Gasteiger partial charge is 0.497 e. The maximum Gasteiger partial charge on any atom is 0.269 e. The Morgan fingerprint density at radius 3 is 2.44 bits per heavy atom. The van der Waals surface area contributed by atoms with Gasteiger partial charge < -0.3 is 4.74 Å². The molecule has 0 saturated heterocycles. The van der Waals surface area contributed by atoms with Gasteiger partial charge in [-0.15, -0.1) is 0 Å². The Balaban J connectivity index is 1.65. The van der Waals surface area contributed by atoms with E-state index < -0.39 is 0 Å². The molecule has 0 bridgehead atoms.